The Morgan fingerprint density at radius 1 is 1.38 bits per heavy atom. The predicted octanol–water partition coefficient (Wildman–Crippen LogP) is 1.91. The number of aliphatic imine (C=N–C) groups is 1. The number of rotatable bonds is 5. The predicted molar refractivity (Wildman–Crippen MR) is 108 cm³/mol. The Labute approximate surface area is 160 Å². The minimum atomic E-state index is -2.85. The fourth-order valence-electron chi connectivity index (χ4n) is 3.54. The van der Waals surface area contributed by atoms with Gasteiger partial charge in [-0.05, 0) is 43.9 Å². The molecule has 2 aliphatic rings. The van der Waals surface area contributed by atoms with Crippen LogP contribution < -0.4 is 15.5 Å². The number of benzene rings is 1. The number of hydrogen-bond acceptors (Lipinski definition) is 4. The molecule has 2 aliphatic heterocycles. The van der Waals surface area contributed by atoms with Crippen LogP contribution in [0.15, 0.2) is 29.3 Å². The van der Waals surface area contributed by atoms with E-state index in [4.69, 9.17) is 11.6 Å². The van der Waals surface area contributed by atoms with Crippen LogP contribution in [0.1, 0.15) is 19.8 Å². The summed E-state index contributed by atoms with van der Waals surface area (Å²) in [5.74, 6) is 1.48. The molecule has 2 N–H and O–H groups in total. The van der Waals surface area contributed by atoms with Gasteiger partial charge >= 0.3 is 0 Å². The minimum absolute atomic E-state index is 0.141. The van der Waals surface area contributed by atoms with E-state index >= 15 is 0 Å². The Kier molecular flexibility index (Phi) is 6.29. The monoisotopic (exact) mass is 398 g/mol. The number of guanidine groups is 1. The number of anilines is 1. The van der Waals surface area contributed by atoms with Gasteiger partial charge in [-0.25, -0.2) is 8.42 Å². The van der Waals surface area contributed by atoms with E-state index in [0.29, 0.717) is 18.3 Å². The van der Waals surface area contributed by atoms with Gasteiger partial charge in [0.05, 0.1) is 11.5 Å². The summed E-state index contributed by atoms with van der Waals surface area (Å²) in [6.07, 6.45) is 1.74. The van der Waals surface area contributed by atoms with Crippen molar-refractivity contribution in [3.05, 3.63) is 29.3 Å². The lowest BCUT2D eigenvalue weighted by molar-refractivity contribution is 0.586. The minimum Gasteiger partial charge on any atom is -0.369 e. The van der Waals surface area contributed by atoms with Gasteiger partial charge in [0.25, 0.3) is 0 Å². The van der Waals surface area contributed by atoms with Crippen molar-refractivity contribution in [1.29, 1.82) is 0 Å². The zero-order chi connectivity index (χ0) is 18.6. The fourth-order valence-corrected chi connectivity index (χ4v) is 5.57. The Morgan fingerprint density at radius 2 is 2.23 bits per heavy atom. The van der Waals surface area contributed by atoms with E-state index in [1.807, 2.05) is 25.1 Å². The molecule has 2 fully saturated rings. The Balaban J connectivity index is 1.56. The highest BCUT2D eigenvalue weighted by Crippen LogP contribution is 2.23. The molecule has 0 radical (unpaired) electrons. The van der Waals surface area contributed by atoms with E-state index in [2.05, 4.69) is 26.6 Å². The second-order valence-corrected chi connectivity index (χ2v) is 9.71. The molecule has 0 aromatic heterocycles. The standard InChI is InChI=1S/C18H27ClN4O2S/c1-2-20-18(21-11-14-7-9-26(24,25)13-14)22-16-6-8-23(12-16)17-5-3-4-15(19)10-17/h3-5,10,14,16H,2,6-9,11-13H2,1H3,(H2,20,21,22). The number of nitrogens with one attached hydrogen (secondary N) is 2. The first kappa shape index (κ1) is 19.3. The van der Waals surface area contributed by atoms with Gasteiger partial charge in [0, 0.05) is 42.9 Å². The van der Waals surface area contributed by atoms with Gasteiger partial charge in [0.15, 0.2) is 15.8 Å². The summed E-state index contributed by atoms with van der Waals surface area (Å²) in [4.78, 5) is 6.94. The third kappa shape index (κ3) is 5.27. The molecule has 2 unspecified atom stereocenters. The molecule has 0 saturated carbocycles. The van der Waals surface area contributed by atoms with Gasteiger partial charge in [-0.1, -0.05) is 17.7 Å². The molecular weight excluding hydrogens is 372 g/mol. The van der Waals surface area contributed by atoms with Crippen molar-refractivity contribution < 1.29 is 8.42 Å². The second-order valence-electron chi connectivity index (χ2n) is 7.04. The lowest BCUT2D eigenvalue weighted by Crippen LogP contribution is -2.44. The smallest absolute Gasteiger partial charge is 0.191 e. The quantitative estimate of drug-likeness (QED) is 0.585. The van der Waals surface area contributed by atoms with E-state index in [-0.39, 0.29) is 11.7 Å². The molecule has 6 nitrogen and oxygen atoms in total. The van der Waals surface area contributed by atoms with Crippen molar-refractivity contribution in [3.63, 3.8) is 0 Å². The highest BCUT2D eigenvalue weighted by atomic mass is 35.5. The van der Waals surface area contributed by atoms with E-state index in [1.54, 1.807) is 0 Å². The molecule has 2 atom stereocenters. The Morgan fingerprint density at radius 3 is 2.92 bits per heavy atom. The first-order valence-electron chi connectivity index (χ1n) is 9.21. The van der Waals surface area contributed by atoms with Gasteiger partial charge in [0.1, 0.15) is 0 Å². The van der Waals surface area contributed by atoms with Crippen molar-refractivity contribution in [3.8, 4) is 0 Å². The van der Waals surface area contributed by atoms with E-state index in [1.165, 1.54) is 0 Å². The van der Waals surface area contributed by atoms with Crippen LogP contribution in [-0.4, -0.2) is 58.1 Å². The average Bonchev–Trinajstić information content (AvgIpc) is 3.19. The van der Waals surface area contributed by atoms with Gasteiger partial charge in [-0.3, -0.25) is 4.99 Å². The van der Waals surface area contributed by atoms with Crippen LogP contribution in [0.3, 0.4) is 0 Å². The summed E-state index contributed by atoms with van der Waals surface area (Å²) in [7, 11) is -2.85. The molecule has 0 aliphatic carbocycles. The van der Waals surface area contributed by atoms with Crippen molar-refractivity contribution in [2.45, 2.75) is 25.8 Å². The van der Waals surface area contributed by atoms with Crippen LogP contribution in [0.2, 0.25) is 5.02 Å². The summed E-state index contributed by atoms with van der Waals surface area (Å²) in [5.41, 5.74) is 1.14. The normalized spacial score (nSPS) is 25.5. The van der Waals surface area contributed by atoms with Gasteiger partial charge < -0.3 is 15.5 Å². The maximum Gasteiger partial charge on any atom is 0.191 e. The van der Waals surface area contributed by atoms with Crippen LogP contribution >= 0.6 is 11.6 Å². The number of hydrogen-bond donors (Lipinski definition) is 2. The van der Waals surface area contributed by atoms with Crippen molar-refractivity contribution >= 4 is 33.1 Å². The Hall–Kier alpha value is -1.47. The zero-order valence-electron chi connectivity index (χ0n) is 15.1. The van der Waals surface area contributed by atoms with Gasteiger partial charge in [0.2, 0.25) is 0 Å². The van der Waals surface area contributed by atoms with E-state index in [9.17, 15) is 8.42 Å². The molecule has 0 spiro atoms. The second kappa shape index (κ2) is 8.48. The van der Waals surface area contributed by atoms with Crippen LogP contribution in [0, 0.1) is 5.92 Å². The van der Waals surface area contributed by atoms with Crippen LogP contribution in [-0.2, 0) is 9.84 Å². The zero-order valence-corrected chi connectivity index (χ0v) is 16.7. The average molecular weight is 399 g/mol. The number of halogens is 1. The lowest BCUT2D eigenvalue weighted by atomic mass is 10.1. The summed E-state index contributed by atoms with van der Waals surface area (Å²) in [6, 6.07) is 8.23. The number of sulfone groups is 1. The van der Waals surface area contributed by atoms with E-state index in [0.717, 1.165) is 49.1 Å². The Bertz CT molecular complexity index is 753. The molecule has 0 bridgehead atoms. The summed E-state index contributed by atoms with van der Waals surface area (Å²) in [6.45, 7) is 5.23. The largest absolute Gasteiger partial charge is 0.369 e. The first-order chi connectivity index (χ1) is 12.4. The van der Waals surface area contributed by atoms with Gasteiger partial charge in [-0.15, -0.1) is 0 Å². The highest BCUT2D eigenvalue weighted by molar-refractivity contribution is 7.91. The third-order valence-electron chi connectivity index (χ3n) is 4.88. The molecule has 1 aromatic rings. The summed E-state index contributed by atoms with van der Waals surface area (Å²) in [5, 5.41) is 7.51. The molecule has 144 valence electrons. The van der Waals surface area contributed by atoms with Crippen LogP contribution in [0.25, 0.3) is 0 Å². The third-order valence-corrected chi connectivity index (χ3v) is 6.95. The number of nitrogens with zero attached hydrogens (tertiary/aromatic N) is 2. The summed E-state index contributed by atoms with van der Waals surface area (Å²) < 4.78 is 23.2. The topological polar surface area (TPSA) is 73.8 Å². The van der Waals surface area contributed by atoms with Crippen molar-refractivity contribution in [2.24, 2.45) is 10.9 Å². The van der Waals surface area contributed by atoms with Crippen molar-refractivity contribution in [2.75, 3.05) is 42.6 Å². The summed E-state index contributed by atoms with van der Waals surface area (Å²) >= 11 is 6.09. The van der Waals surface area contributed by atoms with Crippen molar-refractivity contribution in [1.82, 2.24) is 10.6 Å². The van der Waals surface area contributed by atoms with Crippen LogP contribution in [0.4, 0.5) is 5.69 Å². The molecule has 0 amide bonds. The fraction of sp³-hybridized carbons (Fsp3) is 0.611. The SMILES string of the molecule is CCNC(=NCC1CCS(=O)(=O)C1)NC1CCN(c2cccc(Cl)c2)C1. The molecule has 8 heteroatoms. The maximum absolute atomic E-state index is 11.6. The maximum atomic E-state index is 11.6. The molecule has 3 rings (SSSR count). The first-order valence-corrected chi connectivity index (χ1v) is 11.4. The molecule has 26 heavy (non-hydrogen) atoms. The lowest BCUT2D eigenvalue weighted by Gasteiger charge is -2.20. The molecular formula is C18H27ClN4O2S. The molecule has 1 aromatic carbocycles. The van der Waals surface area contributed by atoms with Gasteiger partial charge in [-0.2, -0.15) is 0 Å². The molecule has 2 saturated heterocycles. The highest BCUT2D eigenvalue weighted by Gasteiger charge is 2.28. The van der Waals surface area contributed by atoms with E-state index < -0.39 is 9.84 Å². The molecule has 2 heterocycles. The van der Waals surface area contributed by atoms with Crippen LogP contribution in [0.5, 0.6) is 0 Å².